The molecule has 0 radical (unpaired) electrons. The van der Waals surface area contributed by atoms with E-state index in [0.717, 1.165) is 5.76 Å². The van der Waals surface area contributed by atoms with Gasteiger partial charge in [-0.1, -0.05) is 13.8 Å². The van der Waals surface area contributed by atoms with Crippen molar-refractivity contribution >= 4 is 17.9 Å². The van der Waals surface area contributed by atoms with E-state index in [1.165, 1.54) is 6.08 Å². The van der Waals surface area contributed by atoms with Crippen LogP contribution in [-0.2, 0) is 9.59 Å². The Balaban J connectivity index is 2.21. The van der Waals surface area contributed by atoms with Crippen LogP contribution in [-0.4, -0.2) is 24.9 Å². The predicted molar refractivity (Wildman–Crippen MR) is 73.3 cm³/mol. The van der Waals surface area contributed by atoms with Gasteiger partial charge in [0, 0.05) is 25.1 Å². The Bertz CT molecular complexity index is 461. The molecule has 0 fully saturated rings. The van der Waals surface area contributed by atoms with Crippen molar-refractivity contribution < 1.29 is 14.0 Å². The third kappa shape index (κ3) is 5.90. The summed E-state index contributed by atoms with van der Waals surface area (Å²) in [6, 6.07) is 3.63. The van der Waals surface area contributed by atoms with E-state index >= 15 is 0 Å². The van der Waals surface area contributed by atoms with Crippen molar-refractivity contribution in [3.63, 3.8) is 0 Å². The van der Waals surface area contributed by atoms with Gasteiger partial charge in [0.15, 0.2) is 0 Å². The van der Waals surface area contributed by atoms with Crippen LogP contribution in [0.5, 0.6) is 0 Å². The summed E-state index contributed by atoms with van der Waals surface area (Å²) in [5.41, 5.74) is 0. The van der Waals surface area contributed by atoms with Gasteiger partial charge in [-0.3, -0.25) is 9.59 Å². The van der Waals surface area contributed by atoms with Crippen LogP contribution in [0.25, 0.3) is 6.08 Å². The van der Waals surface area contributed by atoms with Crippen molar-refractivity contribution in [2.45, 2.75) is 20.8 Å². The van der Waals surface area contributed by atoms with E-state index < -0.39 is 0 Å². The van der Waals surface area contributed by atoms with Crippen LogP contribution in [0.3, 0.4) is 0 Å². The lowest BCUT2D eigenvalue weighted by Gasteiger charge is -2.07. The van der Waals surface area contributed by atoms with Gasteiger partial charge in [-0.15, -0.1) is 0 Å². The fourth-order valence-electron chi connectivity index (χ4n) is 1.34. The van der Waals surface area contributed by atoms with Crippen molar-refractivity contribution in [3.8, 4) is 0 Å². The van der Waals surface area contributed by atoms with Crippen LogP contribution in [0.4, 0.5) is 0 Å². The molecule has 1 heterocycles. The highest BCUT2D eigenvalue weighted by atomic mass is 16.3. The minimum Gasteiger partial charge on any atom is -0.462 e. The van der Waals surface area contributed by atoms with E-state index in [2.05, 4.69) is 10.6 Å². The number of hydrogen-bond donors (Lipinski definition) is 2. The molecule has 0 bridgehead atoms. The largest absolute Gasteiger partial charge is 0.462 e. The summed E-state index contributed by atoms with van der Waals surface area (Å²) in [7, 11) is 0. The van der Waals surface area contributed by atoms with E-state index in [4.69, 9.17) is 4.42 Å². The zero-order valence-electron chi connectivity index (χ0n) is 11.5. The molecule has 2 amide bonds. The summed E-state index contributed by atoms with van der Waals surface area (Å²) in [6.07, 6.45) is 3.01. The van der Waals surface area contributed by atoms with Gasteiger partial charge < -0.3 is 15.1 Å². The number of carbonyl (C=O) groups is 2. The first-order chi connectivity index (χ1) is 8.99. The van der Waals surface area contributed by atoms with Gasteiger partial charge >= 0.3 is 0 Å². The lowest BCUT2D eigenvalue weighted by atomic mass is 10.2. The van der Waals surface area contributed by atoms with Gasteiger partial charge in [0.2, 0.25) is 11.8 Å². The topological polar surface area (TPSA) is 71.3 Å². The van der Waals surface area contributed by atoms with E-state index in [-0.39, 0.29) is 17.7 Å². The molecule has 1 rings (SSSR count). The van der Waals surface area contributed by atoms with Crippen LogP contribution >= 0.6 is 0 Å². The molecule has 0 atom stereocenters. The van der Waals surface area contributed by atoms with Gasteiger partial charge in [-0.2, -0.15) is 0 Å². The molecular weight excluding hydrogens is 244 g/mol. The Morgan fingerprint density at radius 1 is 1.26 bits per heavy atom. The SMILES string of the molecule is Cc1ccc(C=CC(=O)NCCNC(=O)C(C)C)o1. The van der Waals surface area contributed by atoms with E-state index in [1.54, 1.807) is 12.1 Å². The van der Waals surface area contributed by atoms with Crippen LogP contribution in [0.15, 0.2) is 22.6 Å². The molecule has 104 valence electrons. The molecule has 5 heteroatoms. The monoisotopic (exact) mass is 264 g/mol. The quantitative estimate of drug-likeness (QED) is 0.604. The number of amides is 2. The van der Waals surface area contributed by atoms with Gasteiger partial charge in [-0.25, -0.2) is 0 Å². The molecule has 1 aromatic heterocycles. The average molecular weight is 264 g/mol. The van der Waals surface area contributed by atoms with Crippen LogP contribution in [0.2, 0.25) is 0 Å². The molecule has 0 saturated carbocycles. The first kappa shape index (κ1) is 15.0. The first-order valence-corrected chi connectivity index (χ1v) is 6.29. The number of carbonyl (C=O) groups excluding carboxylic acids is 2. The van der Waals surface area contributed by atoms with Crippen molar-refractivity contribution in [2.75, 3.05) is 13.1 Å². The maximum Gasteiger partial charge on any atom is 0.244 e. The van der Waals surface area contributed by atoms with Crippen molar-refractivity contribution in [1.29, 1.82) is 0 Å². The molecule has 0 unspecified atom stereocenters. The second-order valence-corrected chi connectivity index (χ2v) is 4.52. The van der Waals surface area contributed by atoms with Gasteiger partial charge in [-0.05, 0) is 25.1 Å². The smallest absolute Gasteiger partial charge is 0.244 e. The van der Waals surface area contributed by atoms with E-state index in [9.17, 15) is 9.59 Å². The second-order valence-electron chi connectivity index (χ2n) is 4.52. The molecule has 2 N–H and O–H groups in total. The standard InChI is InChI=1S/C14H20N2O3/c1-10(2)14(18)16-9-8-15-13(17)7-6-12-5-4-11(3)19-12/h4-7,10H,8-9H2,1-3H3,(H,15,17)(H,16,18). The Kier molecular flexibility index (Phi) is 5.85. The molecule has 5 nitrogen and oxygen atoms in total. The zero-order chi connectivity index (χ0) is 14.3. The summed E-state index contributed by atoms with van der Waals surface area (Å²) >= 11 is 0. The summed E-state index contributed by atoms with van der Waals surface area (Å²) in [5.74, 6) is 1.17. The highest BCUT2D eigenvalue weighted by Gasteiger charge is 2.04. The maximum absolute atomic E-state index is 11.4. The number of nitrogens with one attached hydrogen (secondary N) is 2. The number of hydrogen-bond acceptors (Lipinski definition) is 3. The van der Waals surface area contributed by atoms with Gasteiger partial charge in [0.25, 0.3) is 0 Å². The zero-order valence-corrected chi connectivity index (χ0v) is 11.5. The Labute approximate surface area is 113 Å². The van der Waals surface area contributed by atoms with E-state index in [1.807, 2.05) is 26.8 Å². The predicted octanol–water partition coefficient (Wildman–Crippen LogP) is 1.49. The highest BCUT2D eigenvalue weighted by Crippen LogP contribution is 2.07. The fourth-order valence-corrected chi connectivity index (χ4v) is 1.34. The molecule has 0 aliphatic carbocycles. The third-order valence-corrected chi connectivity index (χ3v) is 2.41. The first-order valence-electron chi connectivity index (χ1n) is 6.29. The summed E-state index contributed by atoms with van der Waals surface area (Å²) < 4.78 is 5.29. The molecule has 0 saturated heterocycles. The Hall–Kier alpha value is -2.04. The normalized spacial score (nSPS) is 10.9. The van der Waals surface area contributed by atoms with Crippen LogP contribution in [0.1, 0.15) is 25.4 Å². The summed E-state index contributed by atoms with van der Waals surface area (Å²) in [6.45, 7) is 6.31. The number of furan rings is 1. The van der Waals surface area contributed by atoms with Crippen molar-refractivity contribution in [1.82, 2.24) is 10.6 Å². The summed E-state index contributed by atoms with van der Waals surface area (Å²) in [4.78, 5) is 22.7. The Morgan fingerprint density at radius 3 is 2.53 bits per heavy atom. The fraction of sp³-hybridized carbons (Fsp3) is 0.429. The van der Waals surface area contributed by atoms with Crippen molar-refractivity contribution in [3.05, 3.63) is 29.7 Å². The van der Waals surface area contributed by atoms with Crippen LogP contribution in [0, 0.1) is 12.8 Å². The minimum absolute atomic E-state index is 0.0177. The maximum atomic E-state index is 11.4. The van der Waals surface area contributed by atoms with E-state index in [0.29, 0.717) is 18.8 Å². The second kappa shape index (κ2) is 7.41. The lowest BCUT2D eigenvalue weighted by Crippen LogP contribution is -2.35. The van der Waals surface area contributed by atoms with Crippen LogP contribution < -0.4 is 10.6 Å². The Morgan fingerprint density at radius 2 is 1.95 bits per heavy atom. The molecule has 0 aliphatic heterocycles. The van der Waals surface area contributed by atoms with Gasteiger partial charge in [0.05, 0.1) is 0 Å². The molecule has 0 aromatic carbocycles. The molecule has 0 spiro atoms. The minimum atomic E-state index is -0.215. The number of rotatable bonds is 6. The molecule has 1 aromatic rings. The van der Waals surface area contributed by atoms with Gasteiger partial charge in [0.1, 0.15) is 11.5 Å². The number of aryl methyl sites for hydroxylation is 1. The third-order valence-electron chi connectivity index (χ3n) is 2.41. The highest BCUT2D eigenvalue weighted by molar-refractivity contribution is 5.91. The van der Waals surface area contributed by atoms with Crippen molar-refractivity contribution in [2.24, 2.45) is 5.92 Å². The average Bonchev–Trinajstić information content (AvgIpc) is 2.77. The molecule has 0 aliphatic rings. The molecular formula is C14H20N2O3. The lowest BCUT2D eigenvalue weighted by molar-refractivity contribution is -0.124. The summed E-state index contributed by atoms with van der Waals surface area (Å²) in [5, 5.41) is 5.39. The molecule has 19 heavy (non-hydrogen) atoms.